The Labute approximate surface area is 191 Å². The predicted octanol–water partition coefficient (Wildman–Crippen LogP) is 4.46. The van der Waals surface area contributed by atoms with Gasteiger partial charge in [0.25, 0.3) is 0 Å². The summed E-state index contributed by atoms with van der Waals surface area (Å²) in [4.78, 5) is 1.15. The van der Waals surface area contributed by atoms with Crippen LogP contribution in [0.4, 0.5) is 0 Å². The van der Waals surface area contributed by atoms with Gasteiger partial charge in [0.2, 0.25) is 0 Å². The largest absolute Gasteiger partial charge is 0.490 e. The van der Waals surface area contributed by atoms with E-state index >= 15 is 0 Å². The third-order valence-electron chi connectivity index (χ3n) is 4.54. The highest BCUT2D eigenvalue weighted by Gasteiger charge is 2.21. The number of aliphatic hydroxyl groups excluding tert-OH is 1. The zero-order valence-corrected chi connectivity index (χ0v) is 19.9. The minimum Gasteiger partial charge on any atom is -0.490 e. The van der Waals surface area contributed by atoms with Crippen LogP contribution in [0.15, 0.2) is 77.9 Å². The van der Waals surface area contributed by atoms with Crippen molar-refractivity contribution in [3.8, 4) is 16.2 Å². The van der Waals surface area contributed by atoms with Crippen molar-refractivity contribution in [1.82, 2.24) is 5.32 Å². The van der Waals surface area contributed by atoms with E-state index in [0.29, 0.717) is 13.0 Å². The van der Waals surface area contributed by atoms with Crippen molar-refractivity contribution in [1.29, 1.82) is 0 Å². The van der Waals surface area contributed by atoms with Gasteiger partial charge < -0.3 is 26.6 Å². The van der Waals surface area contributed by atoms with Crippen molar-refractivity contribution >= 4 is 11.3 Å². The van der Waals surface area contributed by atoms with Gasteiger partial charge in [-0.3, -0.25) is 0 Å². The maximum atomic E-state index is 10.4. The molecule has 170 valence electrons. The first kappa shape index (κ1) is 26.7. The summed E-state index contributed by atoms with van der Waals surface area (Å²) in [6.07, 6.45) is 5.58. The van der Waals surface area contributed by atoms with Gasteiger partial charge in [-0.25, -0.2) is 0 Å². The van der Waals surface area contributed by atoms with E-state index in [4.69, 9.17) is 10.5 Å². The van der Waals surface area contributed by atoms with Crippen molar-refractivity contribution in [2.45, 2.75) is 38.8 Å². The van der Waals surface area contributed by atoms with Crippen molar-refractivity contribution in [3.05, 3.63) is 77.9 Å². The number of para-hydroxylation sites is 1. The molecule has 1 unspecified atom stereocenters. The lowest BCUT2D eigenvalue weighted by molar-refractivity contribution is 0.0991. The van der Waals surface area contributed by atoms with E-state index in [1.807, 2.05) is 54.8 Å². The van der Waals surface area contributed by atoms with Crippen LogP contribution in [-0.2, 0) is 0 Å². The fourth-order valence-corrected chi connectivity index (χ4v) is 3.75. The minimum atomic E-state index is -0.630. The maximum absolute atomic E-state index is 10.4. The normalized spacial score (nSPS) is 12.9. The number of thiophene rings is 1. The Morgan fingerprint density at radius 3 is 2.58 bits per heavy atom. The van der Waals surface area contributed by atoms with Gasteiger partial charge in [0.05, 0.1) is 0 Å². The predicted molar refractivity (Wildman–Crippen MR) is 134 cm³/mol. The highest BCUT2D eigenvalue weighted by molar-refractivity contribution is 7.13. The average molecular weight is 444 g/mol. The van der Waals surface area contributed by atoms with E-state index in [1.54, 1.807) is 17.5 Å². The molecule has 6 N–H and O–H groups in total. The Balaban J connectivity index is 0.00000233. The van der Waals surface area contributed by atoms with Crippen LogP contribution >= 0.6 is 11.3 Å². The van der Waals surface area contributed by atoms with Crippen LogP contribution in [0.5, 0.6) is 5.75 Å². The molecule has 0 saturated heterocycles. The third-order valence-corrected chi connectivity index (χ3v) is 5.44. The molecule has 0 aliphatic rings. The lowest BCUT2D eigenvalue weighted by atomic mass is 9.91. The van der Waals surface area contributed by atoms with E-state index in [1.165, 1.54) is 7.05 Å². The first-order valence-corrected chi connectivity index (χ1v) is 11.2. The van der Waals surface area contributed by atoms with Crippen LogP contribution in [0.2, 0.25) is 0 Å². The van der Waals surface area contributed by atoms with Gasteiger partial charge in [0.1, 0.15) is 18.5 Å². The Kier molecular flexibility index (Phi) is 11.9. The van der Waals surface area contributed by atoms with E-state index in [-0.39, 0.29) is 12.1 Å². The molecule has 31 heavy (non-hydrogen) atoms. The van der Waals surface area contributed by atoms with Crippen LogP contribution in [-0.4, -0.2) is 36.9 Å². The zero-order valence-electron chi connectivity index (χ0n) is 19.1. The standard InChI is InChI=1S/C24H32N2O2S.CH5N/c1-5-9-18(2)19(15-25)14-24(3,4)26-16-20(27)17-28-22-11-7-6-10-21(22)23-12-8-13-29-23;1-2/h5-13,15,20,26-27H,2,14,16-17,25H2,1,3-4H3;2H2,1H3/b9-5-,19-15-;. The molecule has 0 radical (unpaired) electrons. The fourth-order valence-electron chi connectivity index (χ4n) is 2.99. The van der Waals surface area contributed by atoms with Gasteiger partial charge in [-0.1, -0.05) is 36.9 Å². The van der Waals surface area contributed by atoms with Crippen molar-refractivity contribution < 1.29 is 9.84 Å². The molecule has 0 aliphatic heterocycles. The first-order chi connectivity index (χ1) is 14.9. The van der Waals surface area contributed by atoms with E-state index in [9.17, 15) is 5.11 Å². The highest BCUT2D eigenvalue weighted by Crippen LogP contribution is 2.33. The molecule has 2 rings (SSSR count). The van der Waals surface area contributed by atoms with E-state index in [0.717, 1.165) is 27.3 Å². The Morgan fingerprint density at radius 2 is 1.97 bits per heavy atom. The molecule has 5 nitrogen and oxygen atoms in total. The van der Waals surface area contributed by atoms with E-state index in [2.05, 4.69) is 37.5 Å². The highest BCUT2D eigenvalue weighted by atomic mass is 32.1. The number of benzene rings is 1. The monoisotopic (exact) mass is 443 g/mol. The smallest absolute Gasteiger partial charge is 0.128 e. The van der Waals surface area contributed by atoms with Gasteiger partial charge in [0, 0.05) is 22.5 Å². The average Bonchev–Trinajstić information content (AvgIpc) is 3.31. The van der Waals surface area contributed by atoms with Crippen LogP contribution in [0, 0.1) is 0 Å². The van der Waals surface area contributed by atoms with Gasteiger partial charge in [-0.05, 0) is 75.2 Å². The molecule has 1 heterocycles. The van der Waals surface area contributed by atoms with Crippen LogP contribution in [0.3, 0.4) is 0 Å². The SMILES string of the molecule is C=C(/C=C\C)/C(=C\N)CC(C)(C)NCC(O)COc1ccccc1-c1cccs1.CN. The minimum absolute atomic E-state index is 0.219. The van der Waals surface area contributed by atoms with Crippen LogP contribution < -0.4 is 21.5 Å². The summed E-state index contributed by atoms with van der Waals surface area (Å²) >= 11 is 1.67. The zero-order chi connectivity index (χ0) is 23.3. The molecule has 0 bridgehead atoms. The summed E-state index contributed by atoms with van der Waals surface area (Å²) in [6, 6.07) is 12.0. The van der Waals surface area contributed by atoms with Crippen LogP contribution in [0.1, 0.15) is 27.2 Å². The molecule has 1 atom stereocenters. The van der Waals surface area contributed by atoms with Crippen molar-refractivity contribution in [3.63, 3.8) is 0 Å². The number of nitrogens with one attached hydrogen (secondary N) is 1. The lowest BCUT2D eigenvalue weighted by Gasteiger charge is -2.29. The number of hydrogen-bond acceptors (Lipinski definition) is 6. The summed E-state index contributed by atoms with van der Waals surface area (Å²) in [7, 11) is 1.50. The fraction of sp³-hybridized carbons (Fsp3) is 0.360. The number of aliphatic hydroxyl groups is 1. The third kappa shape index (κ3) is 9.11. The summed E-state index contributed by atoms with van der Waals surface area (Å²) in [5.41, 5.74) is 13.0. The van der Waals surface area contributed by atoms with Crippen molar-refractivity contribution in [2.24, 2.45) is 11.5 Å². The number of hydrogen-bond donors (Lipinski definition) is 4. The summed E-state index contributed by atoms with van der Waals surface area (Å²) in [5, 5.41) is 15.9. The molecule has 0 amide bonds. The molecular weight excluding hydrogens is 406 g/mol. The Bertz CT molecular complexity index is 842. The Hall–Kier alpha value is -2.38. The number of ether oxygens (including phenoxy) is 1. The van der Waals surface area contributed by atoms with Crippen molar-refractivity contribution in [2.75, 3.05) is 20.2 Å². The summed E-state index contributed by atoms with van der Waals surface area (Å²) in [6.45, 7) is 10.8. The van der Waals surface area contributed by atoms with Crippen LogP contribution in [0.25, 0.3) is 10.4 Å². The van der Waals surface area contributed by atoms with Gasteiger partial charge >= 0.3 is 0 Å². The summed E-state index contributed by atoms with van der Waals surface area (Å²) < 4.78 is 5.92. The number of β-amino-alcohol motifs (C(OH)–C–C–N with tert-alkyl or cyclic N) is 1. The quantitative estimate of drug-likeness (QED) is 0.385. The second-order valence-corrected chi connectivity index (χ2v) is 8.54. The Morgan fingerprint density at radius 1 is 1.26 bits per heavy atom. The van der Waals surface area contributed by atoms with Gasteiger partial charge in [-0.2, -0.15) is 0 Å². The second kappa shape index (κ2) is 13.8. The molecule has 6 heteroatoms. The first-order valence-electron chi connectivity index (χ1n) is 10.4. The van der Waals surface area contributed by atoms with Gasteiger partial charge in [-0.15, -0.1) is 11.3 Å². The molecule has 0 fully saturated rings. The molecule has 0 saturated carbocycles. The second-order valence-electron chi connectivity index (χ2n) is 7.60. The number of allylic oxidation sites excluding steroid dienone is 3. The van der Waals surface area contributed by atoms with E-state index < -0.39 is 6.10 Å². The molecule has 1 aromatic carbocycles. The lowest BCUT2D eigenvalue weighted by Crippen LogP contribution is -2.45. The number of rotatable bonds is 11. The molecule has 2 aromatic rings. The molecule has 0 aliphatic carbocycles. The summed E-state index contributed by atoms with van der Waals surface area (Å²) in [5.74, 6) is 0.782. The number of nitrogens with two attached hydrogens (primary N) is 2. The van der Waals surface area contributed by atoms with Gasteiger partial charge in [0.15, 0.2) is 0 Å². The molecule has 0 spiro atoms. The maximum Gasteiger partial charge on any atom is 0.128 e. The molecule has 1 aromatic heterocycles. The molecular formula is C25H37N3O2S. The topological polar surface area (TPSA) is 93.5 Å².